The Labute approximate surface area is 78.1 Å². The summed E-state index contributed by atoms with van der Waals surface area (Å²) in [5.41, 5.74) is 0.622. The summed E-state index contributed by atoms with van der Waals surface area (Å²) in [7, 11) is 1.25. The van der Waals surface area contributed by atoms with Crippen LogP contribution in [-0.4, -0.2) is 33.1 Å². The van der Waals surface area contributed by atoms with E-state index < -0.39 is 5.97 Å². The second-order valence-electron chi connectivity index (χ2n) is 2.49. The zero-order valence-corrected chi connectivity index (χ0v) is 7.18. The number of aromatic amines is 1. The van der Waals surface area contributed by atoms with Gasteiger partial charge in [-0.2, -0.15) is 5.21 Å². The van der Waals surface area contributed by atoms with Gasteiger partial charge in [0.1, 0.15) is 5.56 Å². The summed E-state index contributed by atoms with van der Waals surface area (Å²) in [5.74, 6) is -0.590. The van der Waals surface area contributed by atoms with Crippen molar-refractivity contribution in [3.63, 3.8) is 0 Å². The van der Waals surface area contributed by atoms with Crippen molar-refractivity contribution in [3.05, 3.63) is 23.2 Å². The van der Waals surface area contributed by atoms with Gasteiger partial charge in [0, 0.05) is 6.20 Å². The molecule has 0 aromatic carbocycles. The normalized spacial score (nSPS) is 10.0. The van der Waals surface area contributed by atoms with Gasteiger partial charge < -0.3 is 4.74 Å². The topological polar surface area (TPSA) is 76.6 Å². The van der Waals surface area contributed by atoms with Crippen molar-refractivity contribution < 1.29 is 9.53 Å². The molecule has 0 bridgehead atoms. The van der Waals surface area contributed by atoms with Crippen LogP contribution in [0.15, 0.2) is 6.20 Å². The van der Waals surface area contributed by atoms with Crippen molar-refractivity contribution >= 4 is 17.3 Å². The van der Waals surface area contributed by atoms with Gasteiger partial charge in [0.05, 0.1) is 13.7 Å². The molecule has 0 spiro atoms. The molecule has 2 rings (SSSR count). The number of esters is 1. The van der Waals surface area contributed by atoms with Crippen molar-refractivity contribution in [3.8, 4) is 0 Å². The van der Waals surface area contributed by atoms with Gasteiger partial charge in [0.25, 0.3) is 0 Å². The maximum Gasteiger partial charge on any atom is 0.331 e. The zero-order chi connectivity index (χ0) is 10.1. The molecule has 0 aliphatic heterocycles. The van der Waals surface area contributed by atoms with E-state index >= 15 is 0 Å². The molecule has 0 radical (unpaired) electrons. The number of hydrogen-bond donors (Lipinski definition) is 1. The van der Waals surface area contributed by atoms with E-state index in [4.69, 9.17) is 6.57 Å². The number of hydrogen-bond acceptors (Lipinski definition) is 4. The van der Waals surface area contributed by atoms with Crippen LogP contribution < -0.4 is 0 Å². The molecule has 7 heteroatoms. The molecule has 0 fully saturated rings. The third kappa shape index (κ3) is 0.942. The van der Waals surface area contributed by atoms with E-state index in [1.807, 2.05) is 0 Å². The summed E-state index contributed by atoms with van der Waals surface area (Å²) in [6, 6.07) is 0. The zero-order valence-electron chi connectivity index (χ0n) is 7.18. The average Bonchev–Trinajstić information content (AvgIpc) is 2.74. The van der Waals surface area contributed by atoms with Crippen LogP contribution in [0.4, 0.5) is 5.69 Å². The smallest absolute Gasteiger partial charge is 0.331 e. The first-order valence-electron chi connectivity index (χ1n) is 3.66. The van der Waals surface area contributed by atoms with Gasteiger partial charge in [-0.1, -0.05) is 5.21 Å². The molecule has 7 nitrogen and oxygen atoms in total. The lowest BCUT2D eigenvalue weighted by Gasteiger charge is -1.94. The first-order valence-corrected chi connectivity index (χ1v) is 3.66. The van der Waals surface area contributed by atoms with Crippen LogP contribution >= 0.6 is 0 Å². The van der Waals surface area contributed by atoms with E-state index in [1.54, 1.807) is 0 Å². The van der Waals surface area contributed by atoms with Crippen LogP contribution in [-0.2, 0) is 4.74 Å². The van der Waals surface area contributed by atoms with E-state index in [9.17, 15) is 4.79 Å². The Hall–Kier alpha value is -2.36. The Morgan fingerprint density at radius 2 is 2.57 bits per heavy atom. The summed E-state index contributed by atoms with van der Waals surface area (Å²) >= 11 is 0. The van der Waals surface area contributed by atoms with Crippen LogP contribution in [0.5, 0.6) is 0 Å². The maximum absolute atomic E-state index is 11.3. The molecule has 1 N–H and O–H groups in total. The minimum atomic E-state index is -0.590. The fourth-order valence-corrected chi connectivity index (χ4v) is 1.16. The van der Waals surface area contributed by atoms with E-state index in [0.29, 0.717) is 5.65 Å². The lowest BCUT2D eigenvalue weighted by Crippen LogP contribution is -2.00. The molecule has 0 aliphatic carbocycles. The molecular formula is C7H5N5O2. The Bertz CT molecular complexity index is 532. The van der Waals surface area contributed by atoms with Gasteiger partial charge in [0.15, 0.2) is 5.65 Å². The number of carbonyl (C=O) groups excluding carboxylic acids is 1. The first kappa shape index (κ1) is 8.25. The standard InChI is InChI=1S/C7H5N5O2/c1-8-4-3-12-6(9-10-11-12)5(4)7(13)14-2/h3H,2H3,(H,9,11). The molecule has 2 aromatic rings. The van der Waals surface area contributed by atoms with Crippen molar-refractivity contribution in [1.29, 1.82) is 0 Å². The molecule has 0 saturated carbocycles. The molecular weight excluding hydrogens is 186 g/mol. The summed E-state index contributed by atoms with van der Waals surface area (Å²) in [4.78, 5) is 14.5. The lowest BCUT2D eigenvalue weighted by molar-refractivity contribution is 0.0604. The van der Waals surface area contributed by atoms with E-state index in [-0.39, 0.29) is 11.3 Å². The third-order valence-electron chi connectivity index (χ3n) is 1.77. The molecule has 0 unspecified atom stereocenters. The van der Waals surface area contributed by atoms with Gasteiger partial charge in [0.2, 0.25) is 5.69 Å². The van der Waals surface area contributed by atoms with Crippen LogP contribution in [0.25, 0.3) is 10.5 Å². The van der Waals surface area contributed by atoms with Crippen molar-refractivity contribution in [1.82, 2.24) is 20.0 Å². The number of ether oxygens (including phenoxy) is 1. The average molecular weight is 191 g/mol. The highest BCUT2D eigenvalue weighted by Gasteiger charge is 2.20. The Morgan fingerprint density at radius 3 is 3.21 bits per heavy atom. The quantitative estimate of drug-likeness (QED) is 0.522. The van der Waals surface area contributed by atoms with Crippen LogP contribution in [0.3, 0.4) is 0 Å². The summed E-state index contributed by atoms with van der Waals surface area (Å²) in [6.45, 7) is 6.87. The van der Waals surface area contributed by atoms with E-state index in [0.717, 1.165) is 0 Å². The van der Waals surface area contributed by atoms with Gasteiger partial charge in [-0.25, -0.2) is 14.2 Å². The predicted octanol–water partition coefficient (Wildman–Crippen LogP) is 0.395. The third-order valence-corrected chi connectivity index (χ3v) is 1.77. The van der Waals surface area contributed by atoms with Gasteiger partial charge in [-0.3, -0.25) is 0 Å². The number of nitrogens with one attached hydrogen (secondary N) is 1. The number of methoxy groups -OCH3 is 1. The fraction of sp³-hybridized carbons (Fsp3) is 0.143. The van der Waals surface area contributed by atoms with Crippen LogP contribution in [0.1, 0.15) is 10.4 Å². The highest BCUT2D eigenvalue weighted by Crippen LogP contribution is 2.24. The number of nitrogens with zero attached hydrogens (tertiary/aromatic N) is 4. The molecule has 0 saturated heterocycles. The second-order valence-corrected chi connectivity index (χ2v) is 2.49. The molecule has 0 amide bonds. The number of carbonyl (C=O) groups is 1. The summed E-state index contributed by atoms with van der Waals surface area (Å²) in [5, 5.41) is 9.66. The highest BCUT2D eigenvalue weighted by atomic mass is 16.5. The SMILES string of the molecule is [C-]#[N+]c1cn2[nH]nnc2c1C(=O)OC. The molecule has 0 atom stereocenters. The van der Waals surface area contributed by atoms with Crippen molar-refractivity contribution in [2.45, 2.75) is 0 Å². The van der Waals surface area contributed by atoms with Crippen molar-refractivity contribution in [2.24, 2.45) is 0 Å². The maximum atomic E-state index is 11.3. The molecule has 2 aromatic heterocycles. The van der Waals surface area contributed by atoms with E-state index in [1.165, 1.54) is 17.8 Å². The molecule has 14 heavy (non-hydrogen) atoms. The Morgan fingerprint density at radius 1 is 1.79 bits per heavy atom. The number of tetrazole rings is 1. The van der Waals surface area contributed by atoms with Gasteiger partial charge >= 0.3 is 5.97 Å². The minimum absolute atomic E-state index is 0.135. The summed E-state index contributed by atoms with van der Waals surface area (Å²) < 4.78 is 5.93. The lowest BCUT2D eigenvalue weighted by atomic mass is 10.3. The van der Waals surface area contributed by atoms with Gasteiger partial charge in [-0.15, -0.1) is 5.10 Å². The molecule has 70 valence electrons. The second kappa shape index (κ2) is 2.85. The first-order chi connectivity index (χ1) is 6.77. The van der Waals surface area contributed by atoms with Crippen molar-refractivity contribution in [2.75, 3.05) is 7.11 Å². The Balaban J connectivity index is 2.75. The number of H-pyrrole nitrogens is 1. The monoisotopic (exact) mass is 191 g/mol. The number of aromatic nitrogens is 4. The molecule has 2 heterocycles. The van der Waals surface area contributed by atoms with Gasteiger partial charge in [-0.05, 0) is 0 Å². The van der Waals surface area contributed by atoms with Crippen LogP contribution in [0, 0.1) is 6.57 Å². The van der Waals surface area contributed by atoms with Crippen LogP contribution in [0.2, 0.25) is 0 Å². The van der Waals surface area contributed by atoms with E-state index in [2.05, 4.69) is 25.1 Å². The number of fused-ring (bicyclic) bond motifs is 1. The predicted molar refractivity (Wildman–Crippen MR) is 44.9 cm³/mol. The minimum Gasteiger partial charge on any atom is -0.466 e. The highest BCUT2D eigenvalue weighted by molar-refractivity contribution is 6.02. The summed E-state index contributed by atoms with van der Waals surface area (Å²) in [6.07, 6.45) is 1.44. The number of rotatable bonds is 1. The fourth-order valence-electron chi connectivity index (χ4n) is 1.16. The largest absolute Gasteiger partial charge is 0.466 e. The molecule has 0 aliphatic rings. The Kier molecular flexibility index (Phi) is 1.68.